The predicted octanol–water partition coefficient (Wildman–Crippen LogP) is 1.46. The lowest BCUT2D eigenvalue weighted by Gasteiger charge is -2.08. The summed E-state index contributed by atoms with van der Waals surface area (Å²) in [5.41, 5.74) is -1.71. The van der Waals surface area contributed by atoms with E-state index in [1.165, 1.54) is 0 Å². The second kappa shape index (κ2) is 3.21. The average molecular weight is 209 g/mol. The van der Waals surface area contributed by atoms with Crippen molar-refractivity contribution in [2.75, 3.05) is 0 Å². The van der Waals surface area contributed by atoms with Crippen LogP contribution in [0, 0.1) is 0 Å². The molecule has 0 amide bonds. The quantitative estimate of drug-likeness (QED) is 0.748. The van der Waals surface area contributed by atoms with Crippen LogP contribution in [-0.4, -0.2) is 21.0 Å². The lowest BCUT2D eigenvalue weighted by atomic mass is 10.2. The Kier molecular flexibility index (Phi) is 2.42. The number of aromatic carboxylic acids is 1. The number of rotatable bonds is 2. The maximum absolute atomic E-state index is 12.5. The highest BCUT2D eigenvalue weighted by Gasteiger charge is 2.34. The molecule has 0 aliphatic heterocycles. The maximum atomic E-state index is 12.5. The summed E-state index contributed by atoms with van der Waals surface area (Å²) in [6.45, 7) is 0. The van der Waals surface area contributed by atoms with Gasteiger partial charge in [0.1, 0.15) is 17.6 Å². The van der Waals surface area contributed by atoms with E-state index >= 15 is 0 Å². The fraction of sp³-hybridized carbons (Fsp3) is 0.167. The van der Waals surface area contributed by atoms with Gasteiger partial charge in [-0.1, -0.05) is 0 Å². The Morgan fingerprint density at radius 2 is 2.23 bits per heavy atom. The summed E-state index contributed by atoms with van der Waals surface area (Å²) < 4.78 is 25.0. The topological polar surface area (TPSA) is 63.1 Å². The van der Waals surface area contributed by atoms with Crippen LogP contribution in [0.5, 0.6) is 0 Å². The smallest absolute Gasteiger partial charge is 0.365 e. The number of halogens is 3. The second-order valence-electron chi connectivity index (χ2n) is 2.09. The molecule has 4 nitrogen and oxygen atoms in total. The molecule has 1 aromatic rings. The van der Waals surface area contributed by atoms with Gasteiger partial charge in [-0.2, -0.15) is 8.78 Å². The lowest BCUT2D eigenvalue weighted by Crippen LogP contribution is -2.14. The number of hydrogen-bond acceptors (Lipinski definition) is 3. The highest BCUT2D eigenvalue weighted by molar-refractivity contribution is 6.22. The molecule has 0 aromatic carbocycles. The van der Waals surface area contributed by atoms with Crippen molar-refractivity contribution in [3.05, 3.63) is 23.8 Å². The highest BCUT2D eigenvalue weighted by Crippen LogP contribution is 2.32. The van der Waals surface area contributed by atoms with E-state index in [-0.39, 0.29) is 0 Å². The van der Waals surface area contributed by atoms with Gasteiger partial charge in [0.05, 0.1) is 0 Å². The summed E-state index contributed by atoms with van der Waals surface area (Å²) in [5, 5.41) is 4.66. The summed E-state index contributed by atoms with van der Waals surface area (Å²) in [6, 6.07) is 0. The zero-order valence-corrected chi connectivity index (χ0v) is 6.79. The minimum atomic E-state index is -3.79. The van der Waals surface area contributed by atoms with Gasteiger partial charge < -0.3 is 5.11 Å². The number of aromatic nitrogens is 2. The van der Waals surface area contributed by atoms with Crippen LogP contribution in [-0.2, 0) is 5.38 Å². The summed E-state index contributed by atoms with van der Waals surface area (Å²) in [6.07, 6.45) is 1.57. The molecule has 0 saturated carbocycles. The van der Waals surface area contributed by atoms with Crippen LogP contribution in [0.4, 0.5) is 8.78 Å². The Morgan fingerprint density at radius 3 is 2.62 bits per heavy atom. The molecule has 1 rings (SSSR count). The number of carboxylic acid groups (broad SMARTS) is 1. The number of alkyl halides is 3. The van der Waals surface area contributed by atoms with E-state index in [2.05, 4.69) is 21.6 Å². The molecule has 70 valence electrons. The third kappa shape index (κ3) is 2.09. The second-order valence-corrected chi connectivity index (χ2v) is 2.56. The Morgan fingerprint density at radius 1 is 1.62 bits per heavy atom. The third-order valence-electron chi connectivity index (χ3n) is 1.21. The molecule has 1 N–H and O–H groups in total. The van der Waals surface area contributed by atoms with Gasteiger partial charge in [-0.15, -0.1) is 0 Å². The number of carbonyl (C=O) groups is 1. The van der Waals surface area contributed by atoms with E-state index < -0.39 is 22.6 Å². The molecule has 0 aliphatic rings. The lowest BCUT2D eigenvalue weighted by molar-refractivity contribution is 0.0648. The van der Waals surface area contributed by atoms with E-state index in [0.717, 1.165) is 12.5 Å². The molecule has 0 atom stereocenters. The van der Waals surface area contributed by atoms with Gasteiger partial charge in [0.15, 0.2) is 0 Å². The van der Waals surface area contributed by atoms with Crippen LogP contribution in [0.2, 0.25) is 0 Å². The van der Waals surface area contributed by atoms with Crippen molar-refractivity contribution in [1.29, 1.82) is 0 Å². The average Bonchev–Trinajstić information content (AvgIpc) is 2.03. The number of nitrogens with zero attached hydrogens (tertiary/aromatic N) is 2. The van der Waals surface area contributed by atoms with E-state index in [1.54, 1.807) is 0 Å². The normalized spacial score (nSPS) is 11.3. The zero-order chi connectivity index (χ0) is 10.1. The SMILES string of the molecule is O=C(O)c1cncnc1C(F)(F)Cl. The molecule has 0 radical (unpaired) electrons. The monoisotopic (exact) mass is 208 g/mol. The maximum Gasteiger partial charge on any atom is 0.365 e. The largest absolute Gasteiger partial charge is 0.478 e. The first-order chi connectivity index (χ1) is 5.93. The molecule has 0 fully saturated rings. The van der Waals surface area contributed by atoms with Gasteiger partial charge in [-0.05, 0) is 11.6 Å². The summed E-state index contributed by atoms with van der Waals surface area (Å²) in [5.74, 6) is -1.55. The molecule has 0 bridgehead atoms. The van der Waals surface area contributed by atoms with Crippen molar-refractivity contribution in [3.63, 3.8) is 0 Å². The number of carboxylic acids is 1. The zero-order valence-electron chi connectivity index (χ0n) is 6.04. The molecule has 0 aliphatic carbocycles. The van der Waals surface area contributed by atoms with Crippen molar-refractivity contribution in [3.8, 4) is 0 Å². The third-order valence-corrected chi connectivity index (χ3v) is 1.39. The van der Waals surface area contributed by atoms with E-state index in [9.17, 15) is 13.6 Å². The van der Waals surface area contributed by atoms with Crippen molar-refractivity contribution in [2.24, 2.45) is 0 Å². The van der Waals surface area contributed by atoms with Crippen LogP contribution in [0.25, 0.3) is 0 Å². The number of hydrogen-bond donors (Lipinski definition) is 1. The van der Waals surface area contributed by atoms with Gasteiger partial charge in [-0.3, -0.25) is 0 Å². The van der Waals surface area contributed by atoms with Crippen LogP contribution in [0.3, 0.4) is 0 Å². The molecule has 7 heteroatoms. The Balaban J connectivity index is 3.28. The van der Waals surface area contributed by atoms with Gasteiger partial charge in [0, 0.05) is 6.20 Å². The van der Waals surface area contributed by atoms with Crippen LogP contribution in [0.15, 0.2) is 12.5 Å². The molecule has 13 heavy (non-hydrogen) atoms. The minimum Gasteiger partial charge on any atom is -0.478 e. The summed E-state index contributed by atoms with van der Waals surface area (Å²) in [4.78, 5) is 16.8. The molecule has 0 spiro atoms. The summed E-state index contributed by atoms with van der Waals surface area (Å²) in [7, 11) is 0. The Labute approximate surface area is 76.2 Å². The molecule has 1 heterocycles. The summed E-state index contributed by atoms with van der Waals surface area (Å²) >= 11 is 4.62. The highest BCUT2D eigenvalue weighted by atomic mass is 35.5. The minimum absolute atomic E-state index is 0.706. The van der Waals surface area contributed by atoms with Crippen molar-refractivity contribution < 1.29 is 18.7 Å². The Bertz CT molecular complexity index is 340. The van der Waals surface area contributed by atoms with Gasteiger partial charge in [-0.25, -0.2) is 14.8 Å². The van der Waals surface area contributed by atoms with Crippen molar-refractivity contribution >= 4 is 17.6 Å². The van der Waals surface area contributed by atoms with Crippen LogP contribution in [0.1, 0.15) is 16.1 Å². The fourth-order valence-electron chi connectivity index (χ4n) is 0.712. The molecular formula is C6H3ClF2N2O2. The molecular weight excluding hydrogens is 206 g/mol. The van der Waals surface area contributed by atoms with E-state index in [1.807, 2.05) is 0 Å². The van der Waals surface area contributed by atoms with Crippen molar-refractivity contribution in [2.45, 2.75) is 5.38 Å². The van der Waals surface area contributed by atoms with Crippen molar-refractivity contribution in [1.82, 2.24) is 9.97 Å². The standard InChI is InChI=1S/C6H3ClF2N2O2/c7-6(8,9)4-3(5(12)13)1-10-2-11-4/h1-2H,(H,12,13). The first-order valence-electron chi connectivity index (χ1n) is 3.03. The van der Waals surface area contributed by atoms with Gasteiger partial charge in [0.2, 0.25) is 0 Å². The molecule has 0 unspecified atom stereocenters. The Hall–Kier alpha value is -1.30. The first kappa shape index (κ1) is 9.79. The predicted molar refractivity (Wildman–Crippen MR) is 38.7 cm³/mol. The molecule has 0 saturated heterocycles. The first-order valence-corrected chi connectivity index (χ1v) is 3.41. The van der Waals surface area contributed by atoms with Gasteiger partial charge >= 0.3 is 11.4 Å². The van der Waals surface area contributed by atoms with Crippen LogP contribution >= 0.6 is 11.6 Å². The van der Waals surface area contributed by atoms with Gasteiger partial charge in [0.25, 0.3) is 0 Å². The van der Waals surface area contributed by atoms with E-state index in [0.29, 0.717) is 0 Å². The molecule has 1 aromatic heterocycles. The van der Waals surface area contributed by atoms with E-state index in [4.69, 9.17) is 5.11 Å². The van der Waals surface area contributed by atoms with Crippen LogP contribution < -0.4 is 0 Å². The fourth-order valence-corrected chi connectivity index (χ4v) is 0.863.